The van der Waals surface area contributed by atoms with Crippen molar-refractivity contribution in [3.8, 4) is 17.2 Å². The summed E-state index contributed by atoms with van der Waals surface area (Å²) in [6.07, 6.45) is 0.783. The minimum atomic E-state index is -0.370. The number of carbonyl (C=O) groups excluding carboxylic acids is 2. The molecule has 1 heterocycles. The summed E-state index contributed by atoms with van der Waals surface area (Å²) in [4.78, 5) is 26.4. The summed E-state index contributed by atoms with van der Waals surface area (Å²) in [6, 6.07) is 9.91. The predicted octanol–water partition coefficient (Wildman–Crippen LogP) is 3.22. The largest absolute Gasteiger partial charge is 0.495 e. The number of carbonyl (C=O) groups is 2. The zero-order valence-electron chi connectivity index (χ0n) is 15.7. The van der Waals surface area contributed by atoms with Crippen molar-refractivity contribution in [3.05, 3.63) is 47.0 Å². The maximum absolute atomic E-state index is 12.7. The van der Waals surface area contributed by atoms with Crippen LogP contribution in [0.1, 0.15) is 16.8 Å². The summed E-state index contributed by atoms with van der Waals surface area (Å²) in [5, 5.41) is 3.18. The number of halogens is 1. The maximum Gasteiger partial charge on any atom is 0.254 e. The molecule has 0 spiro atoms. The zero-order valence-corrected chi connectivity index (χ0v) is 16.4. The predicted molar refractivity (Wildman–Crippen MR) is 106 cm³/mol. The number of likely N-dealkylation sites (N-methyl/N-ethyl adjacent to an activating group) is 1. The van der Waals surface area contributed by atoms with E-state index in [0.717, 1.165) is 6.42 Å². The number of amides is 2. The fourth-order valence-corrected chi connectivity index (χ4v) is 2.94. The molecule has 0 atom stereocenters. The molecule has 2 aromatic rings. The highest BCUT2D eigenvalue weighted by molar-refractivity contribution is 6.31. The maximum atomic E-state index is 12.7. The van der Waals surface area contributed by atoms with E-state index in [1.54, 1.807) is 43.4 Å². The Hall–Kier alpha value is -2.93. The molecule has 0 bridgehead atoms. The van der Waals surface area contributed by atoms with E-state index in [4.69, 9.17) is 25.8 Å². The second-order valence-electron chi connectivity index (χ2n) is 6.27. The topological polar surface area (TPSA) is 77.1 Å². The lowest BCUT2D eigenvalue weighted by molar-refractivity contribution is -0.116. The molecule has 28 heavy (non-hydrogen) atoms. The lowest BCUT2D eigenvalue weighted by Crippen LogP contribution is -2.35. The molecule has 0 aromatic heterocycles. The molecule has 148 valence electrons. The molecule has 2 aromatic carbocycles. The number of fused-ring (bicyclic) bond motifs is 1. The van der Waals surface area contributed by atoms with Gasteiger partial charge in [0.05, 0.1) is 32.6 Å². The Balaban J connectivity index is 1.66. The van der Waals surface area contributed by atoms with Crippen molar-refractivity contribution in [2.75, 3.05) is 39.2 Å². The van der Waals surface area contributed by atoms with Crippen LogP contribution >= 0.6 is 11.6 Å². The highest BCUT2D eigenvalue weighted by Crippen LogP contribution is 2.31. The first kappa shape index (κ1) is 19.8. The fourth-order valence-electron chi connectivity index (χ4n) is 2.77. The number of hydrogen-bond acceptors (Lipinski definition) is 5. The van der Waals surface area contributed by atoms with E-state index in [1.165, 1.54) is 12.0 Å². The Labute approximate surface area is 168 Å². The molecule has 1 aliphatic heterocycles. The van der Waals surface area contributed by atoms with Crippen LogP contribution in [0, 0.1) is 0 Å². The Morgan fingerprint density at radius 2 is 1.89 bits per heavy atom. The summed E-state index contributed by atoms with van der Waals surface area (Å²) >= 11 is 5.97. The third-order valence-corrected chi connectivity index (χ3v) is 4.39. The SMILES string of the molecule is COc1ccc(Cl)cc1NC(=O)CN(C)C(=O)c1ccc2c(c1)OCCCO2. The van der Waals surface area contributed by atoms with E-state index in [0.29, 0.717) is 46.7 Å². The monoisotopic (exact) mass is 404 g/mol. The highest BCUT2D eigenvalue weighted by atomic mass is 35.5. The molecule has 0 aliphatic carbocycles. The number of nitrogens with zero attached hydrogens (tertiary/aromatic N) is 1. The fraction of sp³-hybridized carbons (Fsp3) is 0.300. The number of rotatable bonds is 5. The van der Waals surface area contributed by atoms with Gasteiger partial charge in [-0.05, 0) is 36.4 Å². The first-order valence-electron chi connectivity index (χ1n) is 8.76. The van der Waals surface area contributed by atoms with Crippen LogP contribution < -0.4 is 19.5 Å². The van der Waals surface area contributed by atoms with Crippen molar-refractivity contribution in [1.29, 1.82) is 0 Å². The molecule has 8 heteroatoms. The minimum Gasteiger partial charge on any atom is -0.495 e. The van der Waals surface area contributed by atoms with Gasteiger partial charge in [0.2, 0.25) is 5.91 Å². The first-order chi connectivity index (χ1) is 13.5. The standard InChI is InChI=1S/C20H21ClN2O5/c1-23(12-19(24)22-15-11-14(21)5-7-16(15)26-2)20(25)13-4-6-17-18(10-13)28-9-3-8-27-17/h4-7,10-11H,3,8-9,12H2,1-2H3,(H,22,24). The van der Waals surface area contributed by atoms with Crippen LogP contribution in [-0.2, 0) is 4.79 Å². The third-order valence-electron chi connectivity index (χ3n) is 4.16. The van der Waals surface area contributed by atoms with Gasteiger partial charge in [-0.3, -0.25) is 9.59 Å². The molecule has 0 radical (unpaired) electrons. The summed E-state index contributed by atoms with van der Waals surface area (Å²) in [5.74, 6) is 0.955. The molecular formula is C20H21ClN2O5. The van der Waals surface area contributed by atoms with E-state index >= 15 is 0 Å². The second kappa shape index (κ2) is 8.84. The van der Waals surface area contributed by atoms with Crippen molar-refractivity contribution >= 4 is 29.1 Å². The van der Waals surface area contributed by atoms with Gasteiger partial charge < -0.3 is 24.4 Å². The molecule has 0 fully saturated rings. The van der Waals surface area contributed by atoms with Gasteiger partial charge in [0.1, 0.15) is 5.75 Å². The molecule has 2 amide bonds. The Bertz CT molecular complexity index is 887. The van der Waals surface area contributed by atoms with E-state index in [-0.39, 0.29) is 18.4 Å². The number of nitrogens with one attached hydrogen (secondary N) is 1. The minimum absolute atomic E-state index is 0.136. The summed E-state index contributed by atoms with van der Waals surface area (Å²) in [7, 11) is 3.05. The smallest absolute Gasteiger partial charge is 0.254 e. The van der Waals surface area contributed by atoms with Crippen molar-refractivity contribution in [1.82, 2.24) is 4.90 Å². The van der Waals surface area contributed by atoms with E-state index < -0.39 is 0 Å². The van der Waals surface area contributed by atoms with Crippen LogP contribution in [0.3, 0.4) is 0 Å². The number of ether oxygens (including phenoxy) is 3. The molecule has 0 unspecified atom stereocenters. The van der Waals surface area contributed by atoms with E-state index in [1.807, 2.05) is 0 Å². The van der Waals surface area contributed by atoms with Crippen LogP contribution in [0.15, 0.2) is 36.4 Å². The van der Waals surface area contributed by atoms with Crippen LogP contribution in [0.2, 0.25) is 5.02 Å². The van der Waals surface area contributed by atoms with Crippen molar-refractivity contribution in [2.45, 2.75) is 6.42 Å². The highest BCUT2D eigenvalue weighted by Gasteiger charge is 2.19. The molecule has 0 saturated carbocycles. The Kier molecular flexibility index (Phi) is 6.26. The van der Waals surface area contributed by atoms with E-state index in [2.05, 4.69) is 5.32 Å². The number of methoxy groups -OCH3 is 1. The van der Waals surface area contributed by atoms with Crippen LogP contribution in [0.4, 0.5) is 5.69 Å². The van der Waals surface area contributed by atoms with Crippen LogP contribution in [0.25, 0.3) is 0 Å². The van der Waals surface area contributed by atoms with Crippen LogP contribution in [-0.4, -0.2) is 50.6 Å². The number of anilines is 1. The van der Waals surface area contributed by atoms with Crippen LogP contribution in [0.5, 0.6) is 17.2 Å². The second-order valence-corrected chi connectivity index (χ2v) is 6.70. The quantitative estimate of drug-likeness (QED) is 0.827. The number of hydrogen-bond donors (Lipinski definition) is 1. The van der Waals surface area contributed by atoms with Crippen molar-refractivity contribution < 1.29 is 23.8 Å². The van der Waals surface area contributed by atoms with Gasteiger partial charge in [0.25, 0.3) is 5.91 Å². The van der Waals surface area contributed by atoms with Gasteiger partial charge in [0, 0.05) is 24.1 Å². The Morgan fingerprint density at radius 3 is 2.64 bits per heavy atom. The van der Waals surface area contributed by atoms with Gasteiger partial charge in [-0.25, -0.2) is 0 Å². The van der Waals surface area contributed by atoms with Crippen molar-refractivity contribution in [2.24, 2.45) is 0 Å². The molecule has 3 rings (SSSR count). The summed E-state index contributed by atoms with van der Waals surface area (Å²) in [5.41, 5.74) is 0.858. The van der Waals surface area contributed by atoms with Gasteiger partial charge >= 0.3 is 0 Å². The molecule has 0 saturated heterocycles. The third kappa shape index (κ3) is 4.67. The van der Waals surface area contributed by atoms with Gasteiger partial charge in [-0.15, -0.1) is 0 Å². The Morgan fingerprint density at radius 1 is 1.14 bits per heavy atom. The lowest BCUT2D eigenvalue weighted by Gasteiger charge is -2.18. The summed E-state index contributed by atoms with van der Waals surface area (Å²) in [6.45, 7) is 0.973. The number of benzene rings is 2. The average Bonchev–Trinajstić information content (AvgIpc) is 2.92. The summed E-state index contributed by atoms with van der Waals surface area (Å²) < 4.78 is 16.4. The van der Waals surface area contributed by atoms with Gasteiger partial charge in [-0.2, -0.15) is 0 Å². The van der Waals surface area contributed by atoms with E-state index in [9.17, 15) is 9.59 Å². The van der Waals surface area contributed by atoms with Crippen molar-refractivity contribution in [3.63, 3.8) is 0 Å². The van der Waals surface area contributed by atoms with Gasteiger partial charge in [0.15, 0.2) is 11.5 Å². The molecule has 1 aliphatic rings. The first-order valence-corrected chi connectivity index (χ1v) is 9.14. The molecule has 7 nitrogen and oxygen atoms in total. The average molecular weight is 405 g/mol. The zero-order chi connectivity index (χ0) is 20.1. The molecule has 1 N–H and O–H groups in total. The lowest BCUT2D eigenvalue weighted by atomic mass is 10.1. The van der Waals surface area contributed by atoms with Gasteiger partial charge in [-0.1, -0.05) is 11.6 Å². The molecular weight excluding hydrogens is 384 g/mol. The normalized spacial score (nSPS) is 12.7.